The molecule has 9 heteroatoms. The number of carbonyl (C=O) groups excluding carboxylic acids is 1. The second-order valence-corrected chi connectivity index (χ2v) is 8.28. The van der Waals surface area contributed by atoms with Gasteiger partial charge in [0.05, 0.1) is 27.1 Å². The maximum absolute atomic E-state index is 12.1. The Morgan fingerprint density at radius 2 is 1.30 bits per heavy atom. The molecule has 3 aromatic rings. The van der Waals surface area contributed by atoms with E-state index < -0.39 is 42.3 Å². The van der Waals surface area contributed by atoms with Crippen molar-refractivity contribution in [3.63, 3.8) is 0 Å². The molecule has 3 aromatic carbocycles. The lowest BCUT2D eigenvalue weighted by Crippen LogP contribution is -2.31. The number of carboxylic acids is 2. The van der Waals surface area contributed by atoms with Crippen molar-refractivity contribution >= 4 is 17.7 Å². The van der Waals surface area contributed by atoms with Gasteiger partial charge in [0.25, 0.3) is 0 Å². The molecule has 1 atom stereocenters. The normalized spacial score (nSPS) is 11.9. The molecule has 0 amide bonds. The smallest absolute Gasteiger partial charge is 0.345 e. The molecule has 3 rings (SSSR count). The number of rotatable bonds is 13. The SMILES string of the molecule is COc1ccc(C(O)(c2ccc(OC)cc2)c2cccc(OC(CC(=O)CCC(=O)O)C(=O)O)c2)cc1. The van der Waals surface area contributed by atoms with Gasteiger partial charge < -0.3 is 29.5 Å². The van der Waals surface area contributed by atoms with Crippen LogP contribution < -0.4 is 14.2 Å². The highest BCUT2D eigenvalue weighted by molar-refractivity contribution is 5.87. The largest absolute Gasteiger partial charge is 0.497 e. The lowest BCUT2D eigenvalue weighted by atomic mass is 9.80. The van der Waals surface area contributed by atoms with Crippen LogP contribution >= 0.6 is 0 Å². The summed E-state index contributed by atoms with van der Waals surface area (Å²) < 4.78 is 16.1. The van der Waals surface area contributed by atoms with Gasteiger partial charge in [0.1, 0.15) is 28.6 Å². The van der Waals surface area contributed by atoms with Crippen molar-refractivity contribution in [2.75, 3.05) is 14.2 Å². The van der Waals surface area contributed by atoms with Gasteiger partial charge in [-0.05, 0) is 53.1 Å². The quantitative estimate of drug-likeness (QED) is 0.295. The average molecular weight is 509 g/mol. The van der Waals surface area contributed by atoms with E-state index in [2.05, 4.69) is 0 Å². The molecule has 9 nitrogen and oxygen atoms in total. The van der Waals surface area contributed by atoms with Crippen LogP contribution in [0.1, 0.15) is 36.0 Å². The number of hydrogen-bond donors (Lipinski definition) is 3. The summed E-state index contributed by atoms with van der Waals surface area (Å²) in [4.78, 5) is 34.6. The first kappa shape index (κ1) is 27.2. The second kappa shape index (κ2) is 12.0. The topological polar surface area (TPSA) is 140 Å². The third-order valence-electron chi connectivity index (χ3n) is 5.85. The molecule has 0 aromatic heterocycles. The lowest BCUT2D eigenvalue weighted by Gasteiger charge is -2.31. The van der Waals surface area contributed by atoms with Crippen LogP contribution in [0.25, 0.3) is 0 Å². The Morgan fingerprint density at radius 1 is 0.757 bits per heavy atom. The molecule has 0 bridgehead atoms. The molecular weight excluding hydrogens is 480 g/mol. The number of carbonyl (C=O) groups is 3. The minimum atomic E-state index is -1.66. The Balaban J connectivity index is 1.98. The number of Topliss-reactive ketones (excluding diaryl/α,β-unsaturated/α-hetero) is 1. The molecule has 3 N–H and O–H groups in total. The van der Waals surface area contributed by atoms with Crippen LogP contribution in [0, 0.1) is 0 Å². The number of methoxy groups -OCH3 is 2. The summed E-state index contributed by atoms with van der Waals surface area (Å²) >= 11 is 0. The summed E-state index contributed by atoms with van der Waals surface area (Å²) in [6.45, 7) is 0. The van der Waals surface area contributed by atoms with Crippen LogP contribution in [0.3, 0.4) is 0 Å². The highest BCUT2D eigenvalue weighted by atomic mass is 16.5. The Bertz CT molecular complexity index is 1190. The van der Waals surface area contributed by atoms with E-state index in [1.54, 1.807) is 60.7 Å². The zero-order valence-corrected chi connectivity index (χ0v) is 20.4. The standard InChI is InChI=1S/C28H28O9/c1-35-22-11-6-18(7-12-22)28(34,19-8-13-23(36-2)14-9-19)20-4-3-5-24(16-20)37-25(27(32)33)17-21(29)10-15-26(30)31/h3-9,11-14,16,25,34H,10,15,17H2,1-2H3,(H,30,31)(H,32,33). The first-order valence-electron chi connectivity index (χ1n) is 11.4. The van der Waals surface area contributed by atoms with Crippen LogP contribution in [0.5, 0.6) is 17.2 Å². The predicted octanol–water partition coefficient (Wildman–Crippen LogP) is 3.64. The molecule has 0 aliphatic carbocycles. The number of hydrogen-bond acceptors (Lipinski definition) is 7. The second-order valence-electron chi connectivity index (χ2n) is 8.28. The third kappa shape index (κ3) is 6.65. The molecule has 0 aliphatic heterocycles. The molecule has 0 heterocycles. The van der Waals surface area contributed by atoms with Gasteiger partial charge >= 0.3 is 11.9 Å². The summed E-state index contributed by atoms with van der Waals surface area (Å²) in [7, 11) is 3.08. The summed E-state index contributed by atoms with van der Waals surface area (Å²) in [5, 5.41) is 30.5. The van der Waals surface area contributed by atoms with Gasteiger partial charge in [0.15, 0.2) is 0 Å². The van der Waals surface area contributed by atoms with Crippen molar-refractivity contribution < 1.29 is 43.9 Å². The summed E-state index contributed by atoms with van der Waals surface area (Å²) in [6.07, 6.45) is -2.70. The average Bonchev–Trinajstić information content (AvgIpc) is 2.91. The fourth-order valence-electron chi connectivity index (χ4n) is 3.86. The summed E-state index contributed by atoms with van der Waals surface area (Å²) in [6, 6.07) is 20.0. The van der Waals surface area contributed by atoms with Crippen LogP contribution in [-0.2, 0) is 20.0 Å². The predicted molar refractivity (Wildman–Crippen MR) is 133 cm³/mol. The van der Waals surface area contributed by atoms with E-state index in [-0.39, 0.29) is 12.2 Å². The van der Waals surface area contributed by atoms with E-state index in [9.17, 15) is 24.6 Å². The summed E-state index contributed by atoms with van der Waals surface area (Å²) in [5.74, 6) is -1.72. The number of ether oxygens (including phenoxy) is 3. The van der Waals surface area contributed by atoms with Crippen LogP contribution in [0.15, 0.2) is 72.8 Å². The van der Waals surface area contributed by atoms with Crippen molar-refractivity contribution in [2.24, 2.45) is 0 Å². The van der Waals surface area contributed by atoms with Crippen LogP contribution in [-0.4, -0.2) is 53.4 Å². The zero-order chi connectivity index (χ0) is 27.0. The number of ketones is 1. The van der Waals surface area contributed by atoms with E-state index >= 15 is 0 Å². The van der Waals surface area contributed by atoms with Crippen molar-refractivity contribution in [1.29, 1.82) is 0 Å². The molecule has 194 valence electrons. The third-order valence-corrected chi connectivity index (χ3v) is 5.85. The molecule has 0 aliphatic rings. The van der Waals surface area contributed by atoms with Gasteiger partial charge in [-0.25, -0.2) is 4.79 Å². The molecule has 0 saturated heterocycles. The van der Waals surface area contributed by atoms with Gasteiger partial charge in [-0.3, -0.25) is 9.59 Å². The molecule has 0 spiro atoms. The van der Waals surface area contributed by atoms with Gasteiger partial charge in [-0.2, -0.15) is 0 Å². The van der Waals surface area contributed by atoms with Crippen molar-refractivity contribution in [2.45, 2.75) is 31.0 Å². The van der Waals surface area contributed by atoms with E-state index in [1.165, 1.54) is 26.4 Å². The molecular formula is C28H28O9. The van der Waals surface area contributed by atoms with E-state index in [1.807, 2.05) is 0 Å². The van der Waals surface area contributed by atoms with Crippen LogP contribution in [0.4, 0.5) is 0 Å². The van der Waals surface area contributed by atoms with E-state index in [0.29, 0.717) is 28.2 Å². The lowest BCUT2D eigenvalue weighted by molar-refractivity contribution is -0.147. The number of aliphatic hydroxyl groups is 1. The first-order chi connectivity index (χ1) is 17.7. The van der Waals surface area contributed by atoms with Crippen molar-refractivity contribution in [1.82, 2.24) is 0 Å². The van der Waals surface area contributed by atoms with Gasteiger partial charge in [-0.15, -0.1) is 0 Å². The van der Waals surface area contributed by atoms with Gasteiger partial charge in [0.2, 0.25) is 6.10 Å². The molecule has 1 unspecified atom stereocenters. The Labute approximate surface area is 213 Å². The van der Waals surface area contributed by atoms with Crippen molar-refractivity contribution in [3.8, 4) is 17.2 Å². The Hall–Kier alpha value is -4.37. The Kier molecular flexibility index (Phi) is 8.86. The van der Waals surface area contributed by atoms with Crippen LogP contribution in [0.2, 0.25) is 0 Å². The first-order valence-corrected chi connectivity index (χ1v) is 11.4. The number of benzene rings is 3. The molecule has 0 saturated carbocycles. The van der Waals surface area contributed by atoms with Crippen molar-refractivity contribution in [3.05, 3.63) is 89.5 Å². The minimum absolute atomic E-state index is 0.122. The maximum atomic E-state index is 12.1. The minimum Gasteiger partial charge on any atom is -0.497 e. The highest BCUT2D eigenvalue weighted by Gasteiger charge is 2.35. The van der Waals surface area contributed by atoms with E-state index in [0.717, 1.165) is 0 Å². The number of carboxylic acid groups (broad SMARTS) is 2. The summed E-state index contributed by atoms with van der Waals surface area (Å²) in [5.41, 5.74) is -0.223. The zero-order valence-electron chi connectivity index (χ0n) is 20.4. The van der Waals surface area contributed by atoms with Gasteiger partial charge in [-0.1, -0.05) is 36.4 Å². The fourth-order valence-corrected chi connectivity index (χ4v) is 3.86. The molecule has 0 radical (unpaired) electrons. The van der Waals surface area contributed by atoms with E-state index in [4.69, 9.17) is 19.3 Å². The molecule has 37 heavy (non-hydrogen) atoms. The Morgan fingerprint density at radius 3 is 1.76 bits per heavy atom. The van der Waals surface area contributed by atoms with Gasteiger partial charge in [0, 0.05) is 6.42 Å². The monoisotopic (exact) mass is 508 g/mol. The highest BCUT2D eigenvalue weighted by Crippen LogP contribution is 2.39. The fraction of sp³-hybridized carbons (Fsp3) is 0.250. The number of aliphatic carboxylic acids is 2. The maximum Gasteiger partial charge on any atom is 0.345 e. The molecule has 0 fully saturated rings.